The van der Waals surface area contributed by atoms with Gasteiger partial charge in [0.05, 0.1) is 25.3 Å². The van der Waals surface area contributed by atoms with Gasteiger partial charge in [-0.05, 0) is 82.4 Å². The Kier molecular flexibility index (Phi) is 9.96. The molecule has 2 aromatic carbocycles. The Labute approximate surface area is 312 Å². The predicted octanol–water partition coefficient (Wildman–Crippen LogP) is 6.48. The van der Waals surface area contributed by atoms with Gasteiger partial charge in [-0.25, -0.2) is 0 Å². The van der Waals surface area contributed by atoms with Gasteiger partial charge >= 0.3 is 5.97 Å². The molecule has 3 fully saturated rings. The summed E-state index contributed by atoms with van der Waals surface area (Å²) in [5.74, 6) is 2.71. The molecule has 6 aliphatic rings. The first-order chi connectivity index (χ1) is 25.7. The molecule has 1 amide bonds. The summed E-state index contributed by atoms with van der Waals surface area (Å²) in [5, 5.41) is 26.2. The minimum atomic E-state index is -0.538. The minimum Gasteiger partial charge on any atom is -0.507 e. The van der Waals surface area contributed by atoms with E-state index in [-0.39, 0.29) is 49.1 Å². The van der Waals surface area contributed by atoms with E-state index in [0.29, 0.717) is 66.1 Å². The maximum Gasteiger partial charge on any atom is 0.311 e. The lowest BCUT2D eigenvalue weighted by molar-refractivity contribution is -0.136. The molecule has 0 spiro atoms. The van der Waals surface area contributed by atoms with Crippen molar-refractivity contribution in [2.45, 2.75) is 134 Å². The van der Waals surface area contributed by atoms with Crippen LogP contribution >= 0.6 is 0 Å². The molecular formula is C42H54N4O7. The molecule has 11 heteroatoms. The number of nitrogens with zero attached hydrogens (tertiary/aromatic N) is 3. The maximum atomic E-state index is 13.7. The molecule has 4 aliphatic heterocycles. The Hall–Kier alpha value is -4.01. The Morgan fingerprint density at radius 2 is 1.62 bits per heavy atom. The lowest BCUT2D eigenvalue weighted by Crippen LogP contribution is -2.68. The number of phenolic OH excluding ortho intramolecular Hbond substituents is 1. The van der Waals surface area contributed by atoms with Gasteiger partial charge in [-0.2, -0.15) is 5.26 Å². The van der Waals surface area contributed by atoms with E-state index in [1.54, 1.807) is 7.11 Å². The third-order valence-corrected chi connectivity index (χ3v) is 13.4. The number of piperazine rings is 1. The van der Waals surface area contributed by atoms with Gasteiger partial charge in [0, 0.05) is 53.7 Å². The zero-order chi connectivity index (χ0) is 37.0. The van der Waals surface area contributed by atoms with E-state index in [1.807, 2.05) is 13.8 Å². The molecule has 1 unspecified atom stereocenters. The number of nitriles is 1. The normalized spacial score (nSPS) is 26.9. The second kappa shape index (κ2) is 14.7. The topological polar surface area (TPSA) is 134 Å². The van der Waals surface area contributed by atoms with Crippen LogP contribution in [0.2, 0.25) is 0 Å². The van der Waals surface area contributed by atoms with Crippen molar-refractivity contribution in [3.8, 4) is 34.8 Å². The van der Waals surface area contributed by atoms with Gasteiger partial charge in [0.15, 0.2) is 23.0 Å². The second-order valence-corrected chi connectivity index (χ2v) is 16.4. The number of hydrogen-bond acceptors (Lipinski definition) is 10. The van der Waals surface area contributed by atoms with Crippen molar-refractivity contribution >= 4 is 11.9 Å². The number of rotatable bonds is 8. The number of methoxy groups -OCH3 is 1. The fourth-order valence-electron chi connectivity index (χ4n) is 10.8. The molecule has 4 heterocycles. The highest BCUT2D eigenvalue weighted by molar-refractivity contribution is 5.77. The number of hydrogen-bond donors (Lipinski definition) is 2. The lowest BCUT2D eigenvalue weighted by atomic mass is 9.71. The van der Waals surface area contributed by atoms with E-state index in [1.165, 1.54) is 12.8 Å². The van der Waals surface area contributed by atoms with Gasteiger partial charge in [0.25, 0.3) is 0 Å². The summed E-state index contributed by atoms with van der Waals surface area (Å²) in [6.07, 6.45) is 13.1. The van der Waals surface area contributed by atoms with Crippen LogP contribution in [-0.4, -0.2) is 72.4 Å². The first kappa shape index (κ1) is 36.0. The number of ether oxygens (including phenoxy) is 4. The number of nitrogens with one attached hydrogen (secondary N) is 1. The number of fused-ring (bicyclic) bond motifs is 9. The monoisotopic (exact) mass is 726 g/mol. The molecule has 2 N–H and O–H groups in total. The number of carbonyl (C=O) groups is 2. The summed E-state index contributed by atoms with van der Waals surface area (Å²) in [6, 6.07) is 2.99. The van der Waals surface area contributed by atoms with Crippen molar-refractivity contribution in [1.82, 2.24) is 15.1 Å². The molecule has 1 saturated heterocycles. The zero-order valence-electron chi connectivity index (χ0n) is 31.7. The number of amides is 1. The third-order valence-electron chi connectivity index (χ3n) is 13.4. The largest absolute Gasteiger partial charge is 0.507 e. The molecule has 2 saturated carbocycles. The number of carbonyl (C=O) groups excluding carboxylic acids is 2. The Balaban J connectivity index is 1.22. The Morgan fingerprint density at radius 3 is 2.30 bits per heavy atom. The van der Waals surface area contributed by atoms with Crippen LogP contribution in [-0.2, 0) is 22.4 Å². The summed E-state index contributed by atoms with van der Waals surface area (Å²) >= 11 is 0. The average Bonchev–Trinajstić information content (AvgIpc) is 3.64. The molecule has 2 aromatic rings. The number of esters is 1. The van der Waals surface area contributed by atoms with Gasteiger partial charge in [-0.3, -0.25) is 19.4 Å². The number of aromatic hydroxyl groups is 1. The molecular weight excluding hydrogens is 672 g/mol. The van der Waals surface area contributed by atoms with Crippen molar-refractivity contribution in [3.63, 3.8) is 0 Å². The Bertz CT molecular complexity index is 1810. The van der Waals surface area contributed by atoms with Crippen LogP contribution in [0, 0.1) is 37.0 Å². The Morgan fingerprint density at radius 1 is 0.943 bits per heavy atom. The first-order valence-corrected chi connectivity index (χ1v) is 19.9. The highest BCUT2D eigenvalue weighted by Crippen LogP contribution is 2.58. The van der Waals surface area contributed by atoms with E-state index in [0.717, 1.165) is 79.2 Å². The lowest BCUT2D eigenvalue weighted by Gasteiger charge is -2.60. The summed E-state index contributed by atoms with van der Waals surface area (Å²) < 4.78 is 24.5. The second-order valence-electron chi connectivity index (χ2n) is 16.4. The summed E-state index contributed by atoms with van der Waals surface area (Å²) in [4.78, 5) is 31.8. The number of phenols is 1. The number of aryl methyl sites for hydroxylation is 1. The number of benzene rings is 2. The van der Waals surface area contributed by atoms with Crippen LogP contribution in [0.5, 0.6) is 28.7 Å². The van der Waals surface area contributed by atoms with Crippen LogP contribution in [0.3, 0.4) is 0 Å². The quantitative estimate of drug-likeness (QED) is 0.230. The summed E-state index contributed by atoms with van der Waals surface area (Å²) in [7, 11) is 3.68. The third kappa shape index (κ3) is 6.29. The highest BCUT2D eigenvalue weighted by atomic mass is 16.7. The molecule has 11 nitrogen and oxygen atoms in total. The molecule has 8 rings (SSSR count). The highest BCUT2D eigenvalue weighted by Gasteiger charge is 2.57. The van der Waals surface area contributed by atoms with Crippen molar-refractivity contribution < 1.29 is 33.6 Å². The summed E-state index contributed by atoms with van der Waals surface area (Å²) in [5.41, 5.74) is 4.96. The van der Waals surface area contributed by atoms with Gasteiger partial charge in [-0.15, -0.1) is 0 Å². The van der Waals surface area contributed by atoms with E-state index < -0.39 is 12.1 Å². The molecule has 284 valence electrons. The van der Waals surface area contributed by atoms with Crippen molar-refractivity contribution in [3.05, 3.63) is 39.4 Å². The maximum absolute atomic E-state index is 13.7. The van der Waals surface area contributed by atoms with Gasteiger partial charge < -0.3 is 29.4 Å². The fraction of sp³-hybridized carbons (Fsp3) is 0.643. The van der Waals surface area contributed by atoms with Crippen molar-refractivity contribution in [2.75, 3.05) is 27.5 Å². The molecule has 2 bridgehead atoms. The van der Waals surface area contributed by atoms with Crippen LogP contribution in [0.1, 0.15) is 123 Å². The van der Waals surface area contributed by atoms with E-state index in [4.69, 9.17) is 18.9 Å². The standard InChI is InChI=1S/C42H54N4O7/c1-23-15-27-18-29-31(20-43)46-30(37(45(29)3)35(27)42(39(23)50-4)53-34(48)17-26-13-9-6-10-14-26)19-28-36(41-40(51-22-52-41)24(2)38(28)49)32(46)21-44-33(47)16-25-11-7-5-8-12-25/h15,25-26,29-32,37,49H,5-14,16-19,21-22H2,1-4H3,(H,44,47)/t29-,30?,31-,32-,37-/m0/s1. The number of likely N-dealkylation sites (N-methyl/N-ethyl adjacent to an activating group) is 1. The van der Waals surface area contributed by atoms with E-state index >= 15 is 0 Å². The molecule has 2 aliphatic carbocycles. The summed E-state index contributed by atoms with van der Waals surface area (Å²) in [6.45, 7) is 4.10. The van der Waals surface area contributed by atoms with Crippen LogP contribution < -0.4 is 24.3 Å². The average molecular weight is 727 g/mol. The molecule has 53 heavy (non-hydrogen) atoms. The van der Waals surface area contributed by atoms with Crippen molar-refractivity contribution in [1.29, 1.82) is 5.26 Å². The fourth-order valence-corrected chi connectivity index (χ4v) is 10.8. The van der Waals surface area contributed by atoms with E-state index in [2.05, 4.69) is 34.3 Å². The smallest absolute Gasteiger partial charge is 0.311 e. The zero-order valence-corrected chi connectivity index (χ0v) is 31.7. The first-order valence-electron chi connectivity index (χ1n) is 19.9. The molecule has 5 atom stereocenters. The van der Waals surface area contributed by atoms with Gasteiger partial charge in [0.1, 0.15) is 11.8 Å². The minimum absolute atomic E-state index is 0.00581. The van der Waals surface area contributed by atoms with Gasteiger partial charge in [0.2, 0.25) is 12.7 Å². The van der Waals surface area contributed by atoms with Gasteiger partial charge in [-0.1, -0.05) is 44.6 Å². The SMILES string of the molecule is COc1c(C)cc2c(c1OC(=O)CC1CCCCC1)[C@@H]1C3Cc4c(O)c(C)c5c(c4[C@H](CNC(=O)CC4CCCCC4)N3[C@@H](C#N)[C@H](C2)N1C)OCO5. The van der Waals surface area contributed by atoms with Crippen LogP contribution in [0.25, 0.3) is 0 Å². The van der Waals surface area contributed by atoms with Crippen molar-refractivity contribution in [2.24, 2.45) is 11.8 Å². The van der Waals surface area contributed by atoms with E-state index in [9.17, 15) is 20.0 Å². The van der Waals surface area contributed by atoms with Crippen LogP contribution in [0.15, 0.2) is 6.07 Å². The molecule has 0 radical (unpaired) electrons. The van der Waals surface area contributed by atoms with Crippen LogP contribution in [0.4, 0.5) is 0 Å². The predicted molar refractivity (Wildman–Crippen MR) is 197 cm³/mol. The molecule has 0 aromatic heterocycles.